The zero-order valence-electron chi connectivity index (χ0n) is 10.8. The third-order valence-corrected chi connectivity index (χ3v) is 3.50. The number of nitrogens with one attached hydrogen (secondary N) is 1. The molecule has 0 bridgehead atoms. The Bertz CT molecular complexity index is 604. The van der Waals surface area contributed by atoms with Gasteiger partial charge in [-0.25, -0.2) is 4.99 Å². The minimum absolute atomic E-state index is 0.0513. The van der Waals surface area contributed by atoms with E-state index in [4.69, 9.17) is 74.3 Å². The molecule has 5 nitrogen and oxygen atoms in total. The van der Waals surface area contributed by atoms with Crippen molar-refractivity contribution < 1.29 is 4.74 Å². The Labute approximate surface area is 156 Å². The molecule has 22 heavy (non-hydrogen) atoms. The van der Waals surface area contributed by atoms with Crippen molar-refractivity contribution in [2.24, 2.45) is 10.1 Å². The van der Waals surface area contributed by atoms with Gasteiger partial charge in [0.25, 0.3) is 0 Å². The van der Waals surface area contributed by atoms with Gasteiger partial charge >= 0.3 is 3.92 Å². The summed E-state index contributed by atoms with van der Waals surface area (Å²) in [6, 6.07) is 6.90. The van der Waals surface area contributed by atoms with Gasteiger partial charge in [-0.15, -0.1) is 5.10 Å². The van der Waals surface area contributed by atoms with Crippen LogP contribution in [-0.4, -0.2) is 31.6 Å². The van der Waals surface area contributed by atoms with Gasteiger partial charge in [0.1, 0.15) is 5.75 Å². The molecule has 0 saturated carbocycles. The van der Waals surface area contributed by atoms with Crippen LogP contribution in [0, 0.1) is 0 Å². The molecule has 0 spiro atoms. The van der Waals surface area contributed by atoms with Crippen molar-refractivity contribution >= 4 is 81.3 Å². The van der Waals surface area contributed by atoms with Crippen molar-refractivity contribution in [1.82, 2.24) is 10.5 Å². The zero-order chi connectivity index (χ0) is 16.5. The number of halogens is 6. The minimum atomic E-state index is -1.91. The van der Waals surface area contributed by atoms with E-state index >= 15 is 0 Å². The van der Waals surface area contributed by atoms with Crippen molar-refractivity contribution in [1.29, 1.82) is 0 Å². The predicted molar refractivity (Wildman–Crippen MR) is 92.5 cm³/mol. The van der Waals surface area contributed by atoms with Crippen LogP contribution in [0.25, 0.3) is 0 Å². The first-order valence-corrected chi connectivity index (χ1v) is 7.90. The molecule has 1 aliphatic rings. The van der Waals surface area contributed by atoms with Gasteiger partial charge in [0.15, 0.2) is 11.7 Å². The van der Waals surface area contributed by atoms with E-state index in [2.05, 4.69) is 15.5 Å². The Morgan fingerprint density at radius 1 is 1.05 bits per heavy atom. The van der Waals surface area contributed by atoms with Gasteiger partial charge in [-0.05, 0) is 24.3 Å². The fourth-order valence-electron chi connectivity index (χ4n) is 1.48. The summed E-state index contributed by atoms with van der Waals surface area (Å²) in [6.07, 6.45) is 0. The van der Waals surface area contributed by atoms with E-state index in [1.807, 2.05) is 0 Å². The van der Waals surface area contributed by atoms with Crippen molar-refractivity contribution in [3.8, 4) is 5.75 Å². The lowest BCUT2D eigenvalue weighted by Gasteiger charge is -2.32. The minimum Gasteiger partial charge on any atom is -0.497 e. The highest BCUT2D eigenvalue weighted by molar-refractivity contribution is 6.77. The van der Waals surface area contributed by atoms with E-state index in [0.29, 0.717) is 11.3 Å². The average Bonchev–Trinajstić information content (AvgIpc) is 2.45. The fraction of sp³-hybridized carbons (Fsp3) is 0.273. The molecule has 2 rings (SSSR count). The van der Waals surface area contributed by atoms with Crippen LogP contribution in [0.15, 0.2) is 34.4 Å². The van der Waals surface area contributed by atoms with Gasteiger partial charge in [-0.3, -0.25) is 5.43 Å². The number of alkyl halides is 6. The maximum atomic E-state index is 5.83. The second-order valence-electron chi connectivity index (χ2n) is 4.00. The Morgan fingerprint density at radius 2 is 1.64 bits per heavy atom. The van der Waals surface area contributed by atoms with Crippen LogP contribution in [-0.2, 0) is 0 Å². The number of benzene rings is 1. The molecule has 1 aliphatic heterocycles. The van der Waals surface area contributed by atoms with Crippen LogP contribution in [0.5, 0.6) is 5.75 Å². The maximum Gasteiger partial charge on any atom is 0.301 e. The maximum absolute atomic E-state index is 5.83. The van der Waals surface area contributed by atoms with E-state index in [-0.39, 0.29) is 11.7 Å². The van der Waals surface area contributed by atoms with Gasteiger partial charge < -0.3 is 4.74 Å². The molecule has 1 heterocycles. The number of hydrazine groups is 1. The molecule has 1 N–H and O–H groups in total. The lowest BCUT2D eigenvalue weighted by molar-refractivity contribution is 0.241. The zero-order valence-corrected chi connectivity index (χ0v) is 15.4. The van der Waals surface area contributed by atoms with Gasteiger partial charge in [-0.1, -0.05) is 69.6 Å². The SMILES string of the molecule is COc1ccc(C2=NN(C(Cl)(Cl)Cl)NC(C(Cl)(Cl)Cl)=N2)cc1. The van der Waals surface area contributed by atoms with Gasteiger partial charge in [0, 0.05) is 5.56 Å². The number of nitrogens with zero attached hydrogens (tertiary/aromatic N) is 3. The number of hydrazone groups is 1. The van der Waals surface area contributed by atoms with Crippen LogP contribution in [0.4, 0.5) is 0 Å². The Kier molecular flexibility index (Phi) is 5.47. The summed E-state index contributed by atoms with van der Waals surface area (Å²) in [5.41, 5.74) is 3.15. The summed E-state index contributed by atoms with van der Waals surface area (Å²) in [4.78, 5) is 4.14. The van der Waals surface area contributed by atoms with Gasteiger partial charge in [-0.2, -0.15) is 5.12 Å². The monoisotopic (exact) mass is 422 g/mol. The van der Waals surface area contributed by atoms with Crippen molar-refractivity contribution in [3.63, 3.8) is 0 Å². The number of aliphatic imine (C=N–C) groups is 1. The van der Waals surface area contributed by atoms with Crippen LogP contribution in [0.3, 0.4) is 0 Å². The van der Waals surface area contributed by atoms with Crippen molar-refractivity contribution in [2.45, 2.75) is 7.71 Å². The Hall–Kier alpha value is -0.300. The van der Waals surface area contributed by atoms with Crippen LogP contribution >= 0.6 is 69.6 Å². The summed E-state index contributed by atoms with van der Waals surface area (Å²) in [6.45, 7) is 0. The summed E-state index contributed by atoms with van der Waals surface area (Å²) < 4.78 is 1.33. The second kappa shape index (κ2) is 6.67. The van der Waals surface area contributed by atoms with Crippen LogP contribution in [0.2, 0.25) is 0 Å². The fourth-order valence-corrected chi connectivity index (χ4v) is 1.98. The third kappa shape index (κ3) is 4.37. The van der Waals surface area contributed by atoms with E-state index in [1.54, 1.807) is 31.4 Å². The largest absolute Gasteiger partial charge is 0.497 e. The topological polar surface area (TPSA) is 49.2 Å². The molecule has 11 heteroatoms. The van der Waals surface area contributed by atoms with Crippen LogP contribution < -0.4 is 10.2 Å². The molecule has 0 aromatic heterocycles. The average molecular weight is 425 g/mol. The predicted octanol–water partition coefficient (Wildman–Crippen LogP) is 4.27. The molecule has 0 aliphatic carbocycles. The molecule has 0 amide bonds. The van der Waals surface area contributed by atoms with E-state index in [0.717, 1.165) is 5.12 Å². The molecule has 0 fully saturated rings. The molecule has 0 radical (unpaired) electrons. The van der Waals surface area contributed by atoms with Crippen molar-refractivity contribution in [2.75, 3.05) is 7.11 Å². The first-order chi connectivity index (χ1) is 10.1. The molecule has 0 atom stereocenters. The molecular formula is C11H8Cl6N4O. The highest BCUT2D eigenvalue weighted by Crippen LogP contribution is 2.34. The summed E-state index contributed by atoms with van der Waals surface area (Å²) in [5, 5.41) is 5.00. The van der Waals surface area contributed by atoms with Crippen LogP contribution in [0.1, 0.15) is 5.56 Å². The highest BCUT2D eigenvalue weighted by Gasteiger charge is 2.38. The Morgan fingerprint density at radius 3 is 2.09 bits per heavy atom. The summed E-state index contributed by atoms with van der Waals surface area (Å²) in [7, 11) is 1.56. The molecular weight excluding hydrogens is 417 g/mol. The Balaban J connectivity index is 2.44. The molecule has 0 unspecified atom stereocenters. The smallest absolute Gasteiger partial charge is 0.301 e. The van der Waals surface area contributed by atoms with E-state index < -0.39 is 7.71 Å². The molecule has 0 saturated heterocycles. The van der Waals surface area contributed by atoms with E-state index in [9.17, 15) is 0 Å². The normalized spacial score (nSPS) is 15.9. The van der Waals surface area contributed by atoms with Crippen molar-refractivity contribution in [3.05, 3.63) is 29.8 Å². The number of hydrogen-bond acceptors (Lipinski definition) is 5. The number of methoxy groups -OCH3 is 1. The lowest BCUT2D eigenvalue weighted by Crippen LogP contribution is -2.52. The number of hydrogen-bond donors (Lipinski definition) is 1. The first kappa shape index (κ1) is 18.0. The first-order valence-electron chi connectivity index (χ1n) is 5.64. The van der Waals surface area contributed by atoms with Gasteiger partial charge in [0.2, 0.25) is 3.79 Å². The number of amidine groups is 2. The third-order valence-electron chi connectivity index (χ3n) is 2.48. The van der Waals surface area contributed by atoms with E-state index in [1.165, 1.54) is 0 Å². The molecule has 120 valence electrons. The summed E-state index contributed by atoms with van der Waals surface area (Å²) >= 11 is 34.9. The number of rotatable bonds is 2. The number of ether oxygens (including phenoxy) is 1. The van der Waals surface area contributed by atoms with Gasteiger partial charge in [0.05, 0.1) is 7.11 Å². The summed E-state index contributed by atoms with van der Waals surface area (Å²) in [5.74, 6) is 0.820. The lowest BCUT2D eigenvalue weighted by atomic mass is 10.2. The highest BCUT2D eigenvalue weighted by atomic mass is 35.6. The molecule has 1 aromatic rings. The molecule has 1 aromatic carbocycles. The standard InChI is InChI=1S/C11H8Cl6N4O/c1-22-7-4-2-6(3-5-7)8-18-9(10(12,13)14)20-21(19-8)11(15,16)17/h2-5H,1H3,(H,18,19,20). The quantitative estimate of drug-likeness (QED) is 0.569. The second-order valence-corrected chi connectivity index (χ2v) is 8.50.